The number of allylic oxidation sites excluding steroid dienone is 2. The third kappa shape index (κ3) is 8.30. The molecule has 3 aromatic carbocycles. The van der Waals surface area contributed by atoms with Gasteiger partial charge < -0.3 is 10.2 Å². The van der Waals surface area contributed by atoms with Gasteiger partial charge in [0.1, 0.15) is 0 Å². The second-order valence-corrected chi connectivity index (χ2v) is 11.6. The molecule has 202 valence electrons. The number of amides is 1. The van der Waals surface area contributed by atoms with Crippen LogP contribution in [0, 0.1) is 6.92 Å². The third-order valence-corrected chi connectivity index (χ3v) is 7.25. The minimum absolute atomic E-state index is 0.00440. The SMILES string of the molecule is Cc1cc(Cl)cc(/C=C2\CC(c3ccc(NC(=O)CCN(C)C)cc3)C/C(=C\c3cc(Cl)cc(Cl)c3)C2=O)c1. The number of anilines is 1. The zero-order chi connectivity index (χ0) is 28.1. The number of carbonyl (C=O) groups is 2. The summed E-state index contributed by atoms with van der Waals surface area (Å²) >= 11 is 18.7. The van der Waals surface area contributed by atoms with Gasteiger partial charge in [0.2, 0.25) is 5.91 Å². The summed E-state index contributed by atoms with van der Waals surface area (Å²) in [6, 6.07) is 18.9. The Morgan fingerprint density at radius 1 is 0.872 bits per heavy atom. The largest absolute Gasteiger partial charge is 0.326 e. The Labute approximate surface area is 245 Å². The fraction of sp³-hybridized carbons (Fsp3) is 0.250. The minimum Gasteiger partial charge on any atom is -0.326 e. The summed E-state index contributed by atoms with van der Waals surface area (Å²) in [4.78, 5) is 27.9. The molecule has 1 N–H and O–H groups in total. The van der Waals surface area contributed by atoms with E-state index in [4.69, 9.17) is 34.8 Å². The number of aryl methyl sites for hydroxylation is 1. The van der Waals surface area contributed by atoms with E-state index < -0.39 is 0 Å². The maximum absolute atomic E-state index is 13.6. The number of rotatable bonds is 7. The van der Waals surface area contributed by atoms with Gasteiger partial charge in [-0.1, -0.05) is 53.0 Å². The lowest BCUT2D eigenvalue weighted by Crippen LogP contribution is -2.21. The van der Waals surface area contributed by atoms with Crippen LogP contribution in [0.5, 0.6) is 0 Å². The number of ketones is 1. The Bertz CT molecular complexity index is 1330. The predicted octanol–water partition coefficient (Wildman–Crippen LogP) is 8.46. The number of nitrogens with zero attached hydrogens (tertiary/aromatic N) is 1. The van der Waals surface area contributed by atoms with Gasteiger partial charge in [-0.3, -0.25) is 9.59 Å². The van der Waals surface area contributed by atoms with Crippen LogP contribution in [0.25, 0.3) is 12.2 Å². The maximum Gasteiger partial charge on any atom is 0.225 e. The molecular weight excluding hydrogens is 551 g/mol. The van der Waals surface area contributed by atoms with Crippen molar-refractivity contribution in [2.45, 2.75) is 32.1 Å². The monoisotopic (exact) mass is 580 g/mol. The molecule has 39 heavy (non-hydrogen) atoms. The van der Waals surface area contributed by atoms with Gasteiger partial charge in [-0.25, -0.2) is 0 Å². The second kappa shape index (κ2) is 13.0. The van der Waals surface area contributed by atoms with E-state index in [1.54, 1.807) is 18.2 Å². The Morgan fingerprint density at radius 2 is 1.41 bits per heavy atom. The Morgan fingerprint density at radius 3 is 1.95 bits per heavy atom. The lowest BCUT2D eigenvalue weighted by atomic mass is 9.76. The molecular formula is C32H31Cl3N2O2. The van der Waals surface area contributed by atoms with E-state index in [0.717, 1.165) is 27.9 Å². The van der Waals surface area contributed by atoms with E-state index >= 15 is 0 Å². The molecule has 1 atom stereocenters. The molecule has 0 bridgehead atoms. The van der Waals surface area contributed by atoms with Crippen molar-refractivity contribution in [2.75, 3.05) is 26.0 Å². The molecule has 7 heteroatoms. The molecule has 0 saturated heterocycles. The topological polar surface area (TPSA) is 49.4 Å². The Hall–Kier alpha value is -2.89. The molecule has 4 rings (SSSR count). The average Bonchev–Trinajstić information content (AvgIpc) is 2.84. The van der Waals surface area contributed by atoms with Crippen molar-refractivity contribution in [3.8, 4) is 0 Å². The van der Waals surface area contributed by atoms with Gasteiger partial charge in [0.25, 0.3) is 0 Å². The van der Waals surface area contributed by atoms with Crippen molar-refractivity contribution in [2.24, 2.45) is 0 Å². The molecule has 1 amide bonds. The zero-order valence-corrected chi connectivity index (χ0v) is 24.5. The molecule has 3 aromatic rings. The van der Waals surface area contributed by atoms with Crippen LogP contribution < -0.4 is 5.32 Å². The summed E-state index contributed by atoms with van der Waals surface area (Å²) in [6.07, 6.45) is 5.41. The van der Waals surface area contributed by atoms with Crippen molar-refractivity contribution >= 4 is 64.3 Å². The molecule has 0 aliphatic heterocycles. The van der Waals surface area contributed by atoms with Crippen molar-refractivity contribution < 1.29 is 9.59 Å². The molecule has 1 aliphatic carbocycles. The maximum atomic E-state index is 13.6. The predicted molar refractivity (Wildman–Crippen MR) is 164 cm³/mol. The fourth-order valence-electron chi connectivity index (χ4n) is 4.78. The highest BCUT2D eigenvalue weighted by Gasteiger charge is 2.29. The van der Waals surface area contributed by atoms with E-state index in [-0.39, 0.29) is 17.6 Å². The summed E-state index contributed by atoms with van der Waals surface area (Å²) in [5, 5.41) is 4.62. The quantitative estimate of drug-likeness (QED) is 0.285. The van der Waals surface area contributed by atoms with Gasteiger partial charge in [0.15, 0.2) is 5.78 Å². The first-order chi connectivity index (χ1) is 18.5. The highest BCUT2D eigenvalue weighted by Crippen LogP contribution is 2.39. The van der Waals surface area contributed by atoms with Gasteiger partial charge in [-0.2, -0.15) is 0 Å². The summed E-state index contributed by atoms with van der Waals surface area (Å²) in [5.74, 6) is 0.0607. The average molecular weight is 582 g/mol. The second-order valence-electron chi connectivity index (χ2n) is 10.3. The number of hydrogen-bond donors (Lipinski definition) is 1. The molecule has 0 heterocycles. The number of benzene rings is 3. The summed E-state index contributed by atoms with van der Waals surface area (Å²) < 4.78 is 0. The highest BCUT2D eigenvalue weighted by molar-refractivity contribution is 6.35. The summed E-state index contributed by atoms with van der Waals surface area (Å²) in [5.41, 5.74) is 5.96. The lowest BCUT2D eigenvalue weighted by Gasteiger charge is -2.26. The minimum atomic E-state index is -0.0212. The van der Waals surface area contributed by atoms with E-state index in [0.29, 0.717) is 52.0 Å². The van der Waals surface area contributed by atoms with Crippen LogP contribution in [0.15, 0.2) is 71.8 Å². The lowest BCUT2D eigenvalue weighted by molar-refractivity contribution is -0.116. The van der Waals surface area contributed by atoms with Crippen molar-refractivity contribution in [3.63, 3.8) is 0 Å². The molecule has 1 unspecified atom stereocenters. The van der Waals surface area contributed by atoms with Gasteiger partial charge >= 0.3 is 0 Å². The first kappa shape index (κ1) is 29.1. The first-order valence-electron chi connectivity index (χ1n) is 12.8. The molecule has 1 saturated carbocycles. The van der Waals surface area contributed by atoms with Crippen molar-refractivity contribution in [3.05, 3.63) is 109 Å². The van der Waals surface area contributed by atoms with Crippen LogP contribution in [-0.4, -0.2) is 37.2 Å². The smallest absolute Gasteiger partial charge is 0.225 e. The van der Waals surface area contributed by atoms with Gasteiger partial charge in [0.05, 0.1) is 0 Å². The van der Waals surface area contributed by atoms with Gasteiger partial charge in [-0.15, -0.1) is 0 Å². The molecule has 0 spiro atoms. The molecule has 1 fully saturated rings. The fourth-order valence-corrected chi connectivity index (χ4v) is 5.62. The van der Waals surface area contributed by atoms with Crippen LogP contribution in [0.1, 0.15) is 47.4 Å². The van der Waals surface area contributed by atoms with Crippen LogP contribution in [0.3, 0.4) is 0 Å². The van der Waals surface area contributed by atoms with Crippen molar-refractivity contribution in [1.82, 2.24) is 4.90 Å². The number of carbonyl (C=O) groups excluding carboxylic acids is 2. The standard InChI is InChI=1S/C32H31Cl3N2O2/c1-20-10-21(14-27(33)11-20)12-25-17-24(18-26(32(25)39)13-22-15-28(34)19-29(35)16-22)23-4-6-30(7-5-23)36-31(38)8-9-37(2)3/h4-7,10-16,19,24H,8-9,17-18H2,1-3H3,(H,36,38)/b25-12+,26-13+. The van der Waals surface area contributed by atoms with E-state index in [2.05, 4.69) is 5.32 Å². The van der Waals surface area contributed by atoms with Crippen LogP contribution in [-0.2, 0) is 9.59 Å². The first-order valence-corrected chi connectivity index (χ1v) is 13.9. The summed E-state index contributed by atoms with van der Waals surface area (Å²) in [6.45, 7) is 2.67. The molecule has 4 nitrogen and oxygen atoms in total. The van der Waals surface area contributed by atoms with Crippen LogP contribution >= 0.6 is 34.8 Å². The number of Topliss-reactive ketones (excluding diaryl/α,β-unsaturated/α-hetero) is 1. The highest BCUT2D eigenvalue weighted by atomic mass is 35.5. The van der Waals surface area contributed by atoms with E-state index in [1.807, 2.05) is 80.5 Å². The number of hydrogen-bond acceptors (Lipinski definition) is 3. The number of halogens is 3. The van der Waals surface area contributed by atoms with Crippen LogP contribution in [0.4, 0.5) is 5.69 Å². The van der Waals surface area contributed by atoms with Gasteiger partial charge in [-0.05, 0) is 117 Å². The zero-order valence-electron chi connectivity index (χ0n) is 22.2. The summed E-state index contributed by atoms with van der Waals surface area (Å²) in [7, 11) is 3.88. The van der Waals surface area contributed by atoms with Crippen molar-refractivity contribution in [1.29, 1.82) is 0 Å². The van der Waals surface area contributed by atoms with E-state index in [9.17, 15) is 9.59 Å². The molecule has 1 aliphatic rings. The molecule has 0 aromatic heterocycles. The van der Waals surface area contributed by atoms with Crippen LogP contribution in [0.2, 0.25) is 15.1 Å². The normalized spacial score (nSPS) is 17.7. The Balaban J connectivity index is 1.65. The van der Waals surface area contributed by atoms with Gasteiger partial charge in [0, 0.05) is 44.9 Å². The Kier molecular flexibility index (Phi) is 9.68. The third-order valence-electron chi connectivity index (χ3n) is 6.60. The number of nitrogens with one attached hydrogen (secondary N) is 1. The molecule has 0 radical (unpaired) electrons. The van der Waals surface area contributed by atoms with E-state index in [1.165, 1.54) is 0 Å².